The molecule has 0 fully saturated rings. The summed E-state index contributed by atoms with van der Waals surface area (Å²) in [5, 5.41) is 0.600. The number of nitrogens with zero attached hydrogens (tertiary/aromatic N) is 2. The highest BCUT2D eigenvalue weighted by Crippen LogP contribution is 2.20. The van der Waals surface area contributed by atoms with E-state index in [0.717, 1.165) is 16.7 Å². The minimum atomic E-state index is -0.338. The molecule has 4 aromatic rings. The number of hydrogen-bond donors (Lipinski definition) is 0. The lowest BCUT2D eigenvalue weighted by Crippen LogP contribution is -2.40. The molecule has 0 unspecified atom stereocenters. The summed E-state index contributed by atoms with van der Waals surface area (Å²) >= 11 is 6.01. The standard InChI is InChI=1S/C24H19ClN2O2/c25-21-13-11-20(12-14-21)22-15-23(28)27(17-19-9-5-2-6-10-19)24(29)26(22)16-18-7-3-1-4-8-18/h1-15H,16-17H2. The van der Waals surface area contributed by atoms with E-state index in [2.05, 4.69) is 0 Å². The van der Waals surface area contributed by atoms with Crippen LogP contribution in [0.1, 0.15) is 11.1 Å². The second-order valence-electron chi connectivity index (χ2n) is 6.80. The minimum Gasteiger partial charge on any atom is -0.289 e. The number of rotatable bonds is 5. The molecule has 4 rings (SSSR count). The van der Waals surface area contributed by atoms with Crippen LogP contribution in [-0.2, 0) is 13.1 Å². The topological polar surface area (TPSA) is 44.0 Å². The molecule has 0 spiro atoms. The molecule has 0 N–H and O–H groups in total. The Balaban J connectivity index is 1.87. The van der Waals surface area contributed by atoms with Gasteiger partial charge in [0.25, 0.3) is 5.56 Å². The molecule has 0 aliphatic heterocycles. The summed E-state index contributed by atoms with van der Waals surface area (Å²) in [6, 6.07) is 27.9. The Hall–Kier alpha value is -3.37. The number of halogens is 1. The van der Waals surface area contributed by atoms with Crippen LogP contribution >= 0.6 is 11.6 Å². The summed E-state index contributed by atoms with van der Waals surface area (Å²) < 4.78 is 2.92. The zero-order valence-corrected chi connectivity index (χ0v) is 16.4. The minimum absolute atomic E-state index is 0.230. The molecule has 29 heavy (non-hydrogen) atoms. The smallest absolute Gasteiger partial charge is 0.289 e. The second-order valence-corrected chi connectivity index (χ2v) is 7.24. The van der Waals surface area contributed by atoms with Crippen LogP contribution in [0.15, 0.2) is 101 Å². The molecule has 0 bridgehead atoms. The van der Waals surface area contributed by atoms with E-state index in [9.17, 15) is 9.59 Å². The van der Waals surface area contributed by atoms with Gasteiger partial charge in [-0.25, -0.2) is 4.79 Å². The summed E-state index contributed by atoms with van der Waals surface area (Å²) in [6.45, 7) is 0.598. The first-order valence-electron chi connectivity index (χ1n) is 9.30. The third-order valence-electron chi connectivity index (χ3n) is 4.79. The highest BCUT2D eigenvalue weighted by Gasteiger charge is 2.14. The Kier molecular flexibility index (Phi) is 5.45. The summed E-state index contributed by atoms with van der Waals surface area (Å²) in [7, 11) is 0. The molecule has 3 aromatic carbocycles. The Morgan fingerprint density at radius 3 is 1.72 bits per heavy atom. The first-order valence-corrected chi connectivity index (χ1v) is 9.68. The van der Waals surface area contributed by atoms with Gasteiger partial charge in [0.1, 0.15) is 0 Å². The van der Waals surface area contributed by atoms with Crippen LogP contribution < -0.4 is 11.2 Å². The van der Waals surface area contributed by atoms with Crippen LogP contribution in [0.4, 0.5) is 0 Å². The third-order valence-corrected chi connectivity index (χ3v) is 5.04. The van der Waals surface area contributed by atoms with E-state index < -0.39 is 0 Å². The van der Waals surface area contributed by atoms with Gasteiger partial charge < -0.3 is 0 Å². The molecule has 144 valence electrons. The van der Waals surface area contributed by atoms with Gasteiger partial charge >= 0.3 is 5.69 Å². The van der Waals surface area contributed by atoms with E-state index in [1.165, 1.54) is 10.6 Å². The molecule has 0 saturated carbocycles. The highest BCUT2D eigenvalue weighted by molar-refractivity contribution is 6.30. The van der Waals surface area contributed by atoms with Crippen molar-refractivity contribution in [3.63, 3.8) is 0 Å². The molecule has 0 atom stereocenters. The van der Waals surface area contributed by atoms with Crippen molar-refractivity contribution in [1.82, 2.24) is 9.13 Å². The molecule has 0 aliphatic rings. The van der Waals surface area contributed by atoms with Crippen molar-refractivity contribution in [3.8, 4) is 11.3 Å². The van der Waals surface area contributed by atoms with Crippen LogP contribution in [0.3, 0.4) is 0 Å². The lowest BCUT2D eigenvalue weighted by atomic mass is 10.1. The highest BCUT2D eigenvalue weighted by atomic mass is 35.5. The Morgan fingerprint density at radius 2 is 1.17 bits per heavy atom. The first-order chi connectivity index (χ1) is 14.1. The van der Waals surface area contributed by atoms with Gasteiger partial charge in [0, 0.05) is 11.1 Å². The fourth-order valence-electron chi connectivity index (χ4n) is 3.31. The average molecular weight is 403 g/mol. The number of aromatic nitrogens is 2. The van der Waals surface area contributed by atoms with Gasteiger partial charge in [-0.1, -0.05) is 84.4 Å². The fourth-order valence-corrected chi connectivity index (χ4v) is 3.43. The Bertz CT molecular complexity index is 1230. The van der Waals surface area contributed by atoms with Crippen molar-refractivity contribution in [2.45, 2.75) is 13.1 Å². The van der Waals surface area contributed by atoms with E-state index in [4.69, 9.17) is 11.6 Å². The normalized spacial score (nSPS) is 10.8. The maximum absolute atomic E-state index is 13.4. The zero-order chi connectivity index (χ0) is 20.2. The van der Waals surface area contributed by atoms with Gasteiger partial charge in [-0.05, 0) is 28.8 Å². The van der Waals surface area contributed by atoms with Crippen molar-refractivity contribution in [3.05, 3.63) is 128 Å². The monoisotopic (exact) mass is 402 g/mol. The van der Waals surface area contributed by atoms with E-state index >= 15 is 0 Å². The average Bonchev–Trinajstić information content (AvgIpc) is 2.75. The predicted octanol–water partition coefficient (Wildman–Crippen LogP) is 4.43. The quantitative estimate of drug-likeness (QED) is 0.495. The van der Waals surface area contributed by atoms with Crippen LogP contribution in [0.5, 0.6) is 0 Å². The van der Waals surface area contributed by atoms with E-state index in [1.807, 2.05) is 72.8 Å². The summed E-state index contributed by atoms with van der Waals surface area (Å²) in [5.74, 6) is 0. The number of benzene rings is 3. The SMILES string of the molecule is O=c1cc(-c2ccc(Cl)cc2)n(Cc2ccccc2)c(=O)n1Cc1ccccc1. The second kappa shape index (κ2) is 8.33. The Morgan fingerprint density at radius 1 is 0.655 bits per heavy atom. The van der Waals surface area contributed by atoms with Crippen LogP contribution in [0, 0.1) is 0 Å². The van der Waals surface area contributed by atoms with E-state index in [0.29, 0.717) is 17.3 Å². The lowest BCUT2D eigenvalue weighted by molar-refractivity contribution is 0.617. The van der Waals surface area contributed by atoms with Crippen LogP contribution in [0.2, 0.25) is 5.02 Å². The summed E-state index contributed by atoms with van der Waals surface area (Å²) in [6.07, 6.45) is 0. The summed E-state index contributed by atoms with van der Waals surface area (Å²) in [4.78, 5) is 26.2. The van der Waals surface area contributed by atoms with Gasteiger partial charge in [0.15, 0.2) is 0 Å². The molecule has 1 heterocycles. The molecule has 0 amide bonds. The predicted molar refractivity (Wildman–Crippen MR) is 116 cm³/mol. The first kappa shape index (κ1) is 19.0. The third kappa shape index (κ3) is 4.23. The van der Waals surface area contributed by atoms with Gasteiger partial charge in [-0.2, -0.15) is 0 Å². The fraction of sp³-hybridized carbons (Fsp3) is 0.0833. The maximum Gasteiger partial charge on any atom is 0.332 e. The van der Waals surface area contributed by atoms with E-state index in [-0.39, 0.29) is 17.8 Å². The van der Waals surface area contributed by atoms with Crippen molar-refractivity contribution in [2.24, 2.45) is 0 Å². The lowest BCUT2D eigenvalue weighted by Gasteiger charge is -2.16. The van der Waals surface area contributed by atoms with Gasteiger partial charge in [0.2, 0.25) is 0 Å². The molecule has 0 saturated heterocycles. The van der Waals surface area contributed by atoms with E-state index in [1.54, 1.807) is 16.7 Å². The molecule has 1 aromatic heterocycles. The zero-order valence-electron chi connectivity index (χ0n) is 15.7. The largest absolute Gasteiger partial charge is 0.332 e. The van der Waals surface area contributed by atoms with Crippen LogP contribution in [0.25, 0.3) is 11.3 Å². The van der Waals surface area contributed by atoms with Crippen molar-refractivity contribution >= 4 is 11.6 Å². The van der Waals surface area contributed by atoms with Crippen molar-refractivity contribution in [1.29, 1.82) is 0 Å². The van der Waals surface area contributed by atoms with Crippen LogP contribution in [-0.4, -0.2) is 9.13 Å². The molecule has 5 heteroatoms. The summed E-state index contributed by atoms with van der Waals surface area (Å²) in [5.41, 5.74) is 2.56. The van der Waals surface area contributed by atoms with Gasteiger partial charge in [0.05, 0.1) is 18.8 Å². The van der Waals surface area contributed by atoms with Crippen molar-refractivity contribution in [2.75, 3.05) is 0 Å². The molecular weight excluding hydrogens is 384 g/mol. The number of hydrogen-bond acceptors (Lipinski definition) is 2. The maximum atomic E-state index is 13.4. The van der Waals surface area contributed by atoms with Gasteiger partial charge in [-0.15, -0.1) is 0 Å². The Labute approximate surface area is 173 Å². The molecular formula is C24H19ClN2O2. The molecule has 0 radical (unpaired) electrons. The molecule has 4 nitrogen and oxygen atoms in total. The van der Waals surface area contributed by atoms with Gasteiger partial charge in [-0.3, -0.25) is 13.9 Å². The van der Waals surface area contributed by atoms with Crippen molar-refractivity contribution < 1.29 is 0 Å². The molecule has 0 aliphatic carbocycles.